The molecule has 0 amide bonds. The fraction of sp³-hybridized carbons (Fsp3) is 0.318. The monoisotopic (exact) mass is 380 g/mol. The topological polar surface area (TPSA) is 39.7 Å². The summed E-state index contributed by atoms with van der Waals surface area (Å²) in [6.07, 6.45) is 4.42. The third kappa shape index (κ3) is 6.07. The van der Waals surface area contributed by atoms with Crippen LogP contribution in [0.2, 0.25) is 0 Å². The highest BCUT2D eigenvalue weighted by atomic mass is 32.2. The standard InChI is InChI=1S/C22H28N4S/c1-18(27-21-8-4-3-5-9-21)16-24-22(23-2)25-17-19-10-12-20(13-11-19)26-14-6-7-15-26/h3-13,18H,14-17H2,1-2H3,(H2,23,24,25). The fourth-order valence-electron chi connectivity index (χ4n) is 2.93. The van der Waals surface area contributed by atoms with Gasteiger partial charge >= 0.3 is 0 Å². The predicted molar refractivity (Wildman–Crippen MR) is 118 cm³/mol. The quantitative estimate of drug-likeness (QED) is 0.331. The Balaban J connectivity index is 1.42. The average Bonchev–Trinajstić information content (AvgIpc) is 3.24. The first-order valence-corrected chi connectivity index (χ1v) is 10.3. The van der Waals surface area contributed by atoms with Gasteiger partial charge in [0.25, 0.3) is 0 Å². The van der Waals surface area contributed by atoms with E-state index >= 15 is 0 Å². The minimum absolute atomic E-state index is 0.458. The molecule has 0 aliphatic carbocycles. The van der Waals surface area contributed by atoms with E-state index in [0.717, 1.165) is 32.1 Å². The van der Waals surface area contributed by atoms with E-state index in [0.29, 0.717) is 5.25 Å². The Labute approximate surface area is 166 Å². The summed E-state index contributed by atoms with van der Waals surface area (Å²) < 4.78 is 0. The molecule has 2 aromatic carbocycles. The SMILES string of the molecule is CN=C(NCc1ccc(N2CC=CC2)cc1)NCC(C)Sc1ccccc1. The van der Waals surface area contributed by atoms with Gasteiger partial charge < -0.3 is 15.5 Å². The number of thioether (sulfide) groups is 1. The van der Waals surface area contributed by atoms with Crippen LogP contribution in [0.1, 0.15) is 12.5 Å². The lowest BCUT2D eigenvalue weighted by Gasteiger charge is -2.18. The third-order valence-electron chi connectivity index (χ3n) is 4.44. The van der Waals surface area contributed by atoms with Crippen LogP contribution >= 0.6 is 11.8 Å². The van der Waals surface area contributed by atoms with E-state index < -0.39 is 0 Å². The van der Waals surface area contributed by atoms with Gasteiger partial charge in [0, 0.05) is 49.1 Å². The molecule has 2 N–H and O–H groups in total. The second kappa shape index (κ2) is 10.1. The van der Waals surface area contributed by atoms with E-state index in [2.05, 4.69) is 88.1 Å². The van der Waals surface area contributed by atoms with Crippen LogP contribution in [0.15, 0.2) is 76.6 Å². The molecule has 0 radical (unpaired) electrons. The number of rotatable bonds is 7. The number of nitrogens with zero attached hydrogens (tertiary/aromatic N) is 2. The largest absolute Gasteiger partial charge is 0.364 e. The number of hydrogen-bond donors (Lipinski definition) is 2. The van der Waals surface area contributed by atoms with Crippen LogP contribution in [-0.4, -0.2) is 37.9 Å². The van der Waals surface area contributed by atoms with Gasteiger partial charge in [0.15, 0.2) is 5.96 Å². The number of hydrogen-bond acceptors (Lipinski definition) is 3. The Hall–Kier alpha value is -2.40. The van der Waals surface area contributed by atoms with E-state index in [9.17, 15) is 0 Å². The molecule has 1 unspecified atom stereocenters. The van der Waals surface area contributed by atoms with Gasteiger partial charge in [0.2, 0.25) is 0 Å². The van der Waals surface area contributed by atoms with Crippen molar-refractivity contribution in [1.82, 2.24) is 10.6 Å². The Bertz CT molecular complexity index is 748. The van der Waals surface area contributed by atoms with Gasteiger partial charge in [0.05, 0.1) is 0 Å². The summed E-state index contributed by atoms with van der Waals surface area (Å²) in [6, 6.07) is 19.3. The summed E-state index contributed by atoms with van der Waals surface area (Å²) in [7, 11) is 1.81. The van der Waals surface area contributed by atoms with Crippen molar-refractivity contribution < 1.29 is 0 Å². The molecule has 0 aromatic heterocycles. The summed E-state index contributed by atoms with van der Waals surface area (Å²) >= 11 is 1.87. The van der Waals surface area contributed by atoms with Gasteiger partial charge in [-0.3, -0.25) is 4.99 Å². The second-order valence-electron chi connectivity index (χ2n) is 6.59. The zero-order valence-electron chi connectivity index (χ0n) is 16.1. The van der Waals surface area contributed by atoms with Crippen LogP contribution in [0.5, 0.6) is 0 Å². The molecule has 142 valence electrons. The van der Waals surface area contributed by atoms with Gasteiger partial charge in [-0.25, -0.2) is 0 Å². The van der Waals surface area contributed by atoms with Crippen molar-refractivity contribution in [3.63, 3.8) is 0 Å². The van der Waals surface area contributed by atoms with Crippen molar-refractivity contribution in [2.45, 2.75) is 23.6 Å². The molecule has 0 fully saturated rings. The lowest BCUT2D eigenvalue weighted by molar-refractivity contribution is 0.790. The summed E-state index contributed by atoms with van der Waals surface area (Å²) in [4.78, 5) is 7.98. The second-order valence-corrected chi connectivity index (χ2v) is 8.10. The maximum absolute atomic E-state index is 4.33. The lowest BCUT2D eigenvalue weighted by atomic mass is 10.2. The third-order valence-corrected chi connectivity index (χ3v) is 5.55. The van der Waals surface area contributed by atoms with Crippen molar-refractivity contribution in [1.29, 1.82) is 0 Å². The summed E-state index contributed by atoms with van der Waals surface area (Å²) in [6.45, 7) is 5.86. The Morgan fingerprint density at radius 1 is 1.04 bits per heavy atom. The maximum atomic E-state index is 4.33. The summed E-state index contributed by atoms with van der Waals surface area (Å²) in [5.74, 6) is 0.836. The Kier molecular flexibility index (Phi) is 7.22. The molecule has 1 aliphatic rings. The average molecular weight is 381 g/mol. The van der Waals surface area contributed by atoms with Crippen molar-refractivity contribution in [2.75, 3.05) is 31.6 Å². The smallest absolute Gasteiger partial charge is 0.191 e. The fourth-order valence-corrected chi connectivity index (χ4v) is 3.88. The molecule has 1 atom stereocenters. The molecule has 3 rings (SSSR count). The van der Waals surface area contributed by atoms with E-state index in [-0.39, 0.29) is 0 Å². The van der Waals surface area contributed by atoms with Gasteiger partial charge in [-0.1, -0.05) is 49.4 Å². The highest BCUT2D eigenvalue weighted by molar-refractivity contribution is 8.00. The number of anilines is 1. The molecule has 5 heteroatoms. The molecule has 0 spiro atoms. The van der Waals surface area contributed by atoms with Crippen LogP contribution in [0.3, 0.4) is 0 Å². The highest BCUT2D eigenvalue weighted by Gasteiger charge is 2.08. The minimum atomic E-state index is 0.458. The Morgan fingerprint density at radius 2 is 1.74 bits per heavy atom. The molecule has 1 aliphatic heterocycles. The van der Waals surface area contributed by atoms with Crippen LogP contribution in [0.4, 0.5) is 5.69 Å². The van der Waals surface area contributed by atoms with Crippen LogP contribution < -0.4 is 15.5 Å². The summed E-state index contributed by atoms with van der Waals surface area (Å²) in [5, 5.41) is 7.27. The zero-order valence-corrected chi connectivity index (χ0v) is 16.9. The molecule has 27 heavy (non-hydrogen) atoms. The van der Waals surface area contributed by atoms with E-state index in [1.54, 1.807) is 0 Å². The molecule has 1 heterocycles. The maximum Gasteiger partial charge on any atom is 0.191 e. The Morgan fingerprint density at radius 3 is 2.41 bits per heavy atom. The number of guanidine groups is 1. The molecule has 2 aromatic rings. The zero-order chi connectivity index (χ0) is 18.9. The van der Waals surface area contributed by atoms with Gasteiger partial charge in [0.1, 0.15) is 0 Å². The van der Waals surface area contributed by atoms with Crippen molar-refractivity contribution in [3.8, 4) is 0 Å². The van der Waals surface area contributed by atoms with Crippen LogP contribution in [0, 0.1) is 0 Å². The molecule has 4 nitrogen and oxygen atoms in total. The minimum Gasteiger partial charge on any atom is -0.364 e. The van der Waals surface area contributed by atoms with Crippen molar-refractivity contribution >= 4 is 23.4 Å². The first-order valence-electron chi connectivity index (χ1n) is 9.39. The van der Waals surface area contributed by atoms with Crippen LogP contribution in [0.25, 0.3) is 0 Å². The number of benzene rings is 2. The molecule has 0 saturated carbocycles. The first-order chi connectivity index (χ1) is 13.2. The number of aliphatic imine (C=N–C) groups is 1. The predicted octanol–water partition coefficient (Wildman–Crippen LogP) is 3.91. The molecule has 0 bridgehead atoms. The molecular weight excluding hydrogens is 352 g/mol. The van der Waals surface area contributed by atoms with E-state index in [1.807, 2.05) is 24.9 Å². The molecular formula is C22H28N4S. The van der Waals surface area contributed by atoms with Crippen LogP contribution in [-0.2, 0) is 6.54 Å². The van der Waals surface area contributed by atoms with Crippen molar-refractivity contribution in [2.24, 2.45) is 4.99 Å². The number of nitrogens with one attached hydrogen (secondary N) is 2. The van der Waals surface area contributed by atoms with Gasteiger partial charge in [-0.15, -0.1) is 11.8 Å². The van der Waals surface area contributed by atoms with Crippen molar-refractivity contribution in [3.05, 3.63) is 72.3 Å². The van der Waals surface area contributed by atoms with E-state index in [1.165, 1.54) is 16.1 Å². The van der Waals surface area contributed by atoms with E-state index in [4.69, 9.17) is 0 Å². The first kappa shape index (κ1) is 19.4. The highest BCUT2D eigenvalue weighted by Crippen LogP contribution is 2.22. The molecule has 0 saturated heterocycles. The summed E-state index contributed by atoms with van der Waals surface area (Å²) in [5.41, 5.74) is 2.53. The van der Waals surface area contributed by atoms with Gasteiger partial charge in [-0.05, 0) is 29.8 Å². The normalized spacial score (nSPS) is 15.0. The lowest BCUT2D eigenvalue weighted by Crippen LogP contribution is -2.39. The van der Waals surface area contributed by atoms with Gasteiger partial charge in [-0.2, -0.15) is 0 Å².